The number of benzene rings is 2. The average Bonchev–Trinajstić information content (AvgIpc) is 2.49. The SMILES string of the molecule is C=C[C@H](c1ccccc1)[C@H](O)C(=O)c1ccc(C)cc1. The zero-order valence-electron chi connectivity index (χ0n) is 11.5. The minimum atomic E-state index is -1.11. The molecule has 0 radical (unpaired) electrons. The fourth-order valence-corrected chi connectivity index (χ4v) is 2.17. The number of hydrogen-bond donors (Lipinski definition) is 1. The van der Waals surface area contributed by atoms with Crippen molar-refractivity contribution in [1.82, 2.24) is 0 Å². The lowest BCUT2D eigenvalue weighted by atomic mass is 9.89. The van der Waals surface area contributed by atoms with E-state index in [2.05, 4.69) is 6.58 Å². The van der Waals surface area contributed by atoms with Crippen molar-refractivity contribution in [3.63, 3.8) is 0 Å². The van der Waals surface area contributed by atoms with Crippen molar-refractivity contribution < 1.29 is 9.90 Å². The van der Waals surface area contributed by atoms with Gasteiger partial charge in [0.25, 0.3) is 0 Å². The van der Waals surface area contributed by atoms with E-state index in [1.54, 1.807) is 18.2 Å². The number of ketones is 1. The molecular formula is C18H18O2. The van der Waals surface area contributed by atoms with Gasteiger partial charge < -0.3 is 5.11 Å². The maximum atomic E-state index is 12.3. The molecule has 0 aliphatic heterocycles. The molecule has 2 atom stereocenters. The van der Waals surface area contributed by atoms with E-state index in [1.165, 1.54) is 0 Å². The molecule has 0 saturated carbocycles. The molecule has 0 spiro atoms. The first-order valence-corrected chi connectivity index (χ1v) is 6.60. The first-order chi connectivity index (χ1) is 9.63. The molecular weight excluding hydrogens is 248 g/mol. The van der Waals surface area contributed by atoms with Crippen LogP contribution in [0.15, 0.2) is 67.3 Å². The molecule has 0 heterocycles. The van der Waals surface area contributed by atoms with Gasteiger partial charge in [0.2, 0.25) is 0 Å². The second kappa shape index (κ2) is 6.31. The highest BCUT2D eigenvalue weighted by Crippen LogP contribution is 2.23. The van der Waals surface area contributed by atoms with E-state index >= 15 is 0 Å². The highest BCUT2D eigenvalue weighted by molar-refractivity contribution is 6.00. The molecule has 20 heavy (non-hydrogen) atoms. The Morgan fingerprint density at radius 2 is 1.70 bits per heavy atom. The summed E-state index contributed by atoms with van der Waals surface area (Å²) in [4.78, 5) is 12.3. The van der Waals surface area contributed by atoms with Crippen LogP contribution in [-0.4, -0.2) is 17.0 Å². The average molecular weight is 266 g/mol. The van der Waals surface area contributed by atoms with Crippen molar-refractivity contribution in [3.05, 3.63) is 83.9 Å². The van der Waals surface area contributed by atoms with Gasteiger partial charge in [-0.25, -0.2) is 0 Å². The molecule has 2 aromatic carbocycles. The fourth-order valence-electron chi connectivity index (χ4n) is 2.17. The molecule has 0 amide bonds. The van der Waals surface area contributed by atoms with Gasteiger partial charge in [-0.3, -0.25) is 4.79 Å². The first-order valence-electron chi connectivity index (χ1n) is 6.60. The third-order valence-electron chi connectivity index (χ3n) is 3.38. The molecule has 1 N–H and O–H groups in total. The zero-order valence-corrected chi connectivity index (χ0v) is 11.5. The van der Waals surface area contributed by atoms with E-state index in [0.717, 1.165) is 11.1 Å². The summed E-state index contributed by atoms with van der Waals surface area (Å²) in [5.74, 6) is -0.677. The van der Waals surface area contributed by atoms with Crippen molar-refractivity contribution in [2.75, 3.05) is 0 Å². The Balaban J connectivity index is 2.24. The van der Waals surface area contributed by atoms with Crippen LogP contribution in [0.1, 0.15) is 27.4 Å². The monoisotopic (exact) mass is 266 g/mol. The van der Waals surface area contributed by atoms with Gasteiger partial charge in [-0.05, 0) is 12.5 Å². The summed E-state index contributed by atoms with van der Waals surface area (Å²) < 4.78 is 0. The third kappa shape index (κ3) is 3.03. The van der Waals surface area contributed by atoms with Crippen molar-refractivity contribution >= 4 is 5.78 Å². The minimum Gasteiger partial charge on any atom is -0.384 e. The predicted octanol–water partition coefficient (Wildman–Crippen LogP) is 3.51. The Bertz CT molecular complexity index is 585. The molecule has 0 saturated heterocycles. The quantitative estimate of drug-likeness (QED) is 0.664. The molecule has 2 heteroatoms. The summed E-state index contributed by atoms with van der Waals surface area (Å²) in [6.07, 6.45) is 0.504. The van der Waals surface area contributed by atoms with E-state index in [-0.39, 0.29) is 5.78 Å². The Hall–Kier alpha value is -2.19. The topological polar surface area (TPSA) is 37.3 Å². The molecule has 0 unspecified atom stereocenters. The van der Waals surface area contributed by atoms with Gasteiger partial charge >= 0.3 is 0 Å². The van der Waals surface area contributed by atoms with Gasteiger partial charge in [0.1, 0.15) is 6.10 Å². The van der Waals surface area contributed by atoms with Crippen LogP contribution < -0.4 is 0 Å². The third-order valence-corrected chi connectivity index (χ3v) is 3.38. The number of carbonyl (C=O) groups is 1. The van der Waals surface area contributed by atoms with Crippen LogP contribution >= 0.6 is 0 Å². The number of aliphatic hydroxyl groups excluding tert-OH is 1. The Labute approximate surface area is 119 Å². The van der Waals surface area contributed by atoms with E-state index in [1.807, 2.05) is 49.4 Å². The Morgan fingerprint density at radius 3 is 2.25 bits per heavy atom. The van der Waals surface area contributed by atoms with Crippen LogP contribution in [0.25, 0.3) is 0 Å². The molecule has 2 aromatic rings. The summed E-state index contributed by atoms with van der Waals surface area (Å²) in [6.45, 7) is 5.70. The highest BCUT2D eigenvalue weighted by Gasteiger charge is 2.25. The lowest BCUT2D eigenvalue weighted by Crippen LogP contribution is -2.27. The molecule has 0 aliphatic rings. The number of aliphatic hydroxyl groups is 1. The van der Waals surface area contributed by atoms with Crippen molar-refractivity contribution in [2.45, 2.75) is 18.9 Å². The number of hydrogen-bond acceptors (Lipinski definition) is 2. The van der Waals surface area contributed by atoms with E-state index in [0.29, 0.717) is 5.56 Å². The van der Waals surface area contributed by atoms with Crippen LogP contribution in [0.3, 0.4) is 0 Å². The molecule has 2 nitrogen and oxygen atoms in total. The van der Waals surface area contributed by atoms with Crippen molar-refractivity contribution in [1.29, 1.82) is 0 Å². The summed E-state index contributed by atoms with van der Waals surface area (Å²) in [6, 6.07) is 16.7. The van der Waals surface area contributed by atoms with Gasteiger partial charge in [0.05, 0.1) is 0 Å². The van der Waals surface area contributed by atoms with E-state index < -0.39 is 12.0 Å². The largest absolute Gasteiger partial charge is 0.384 e. The molecule has 102 valence electrons. The summed E-state index contributed by atoms with van der Waals surface area (Å²) in [5.41, 5.74) is 2.49. The Kier molecular flexibility index (Phi) is 4.49. The van der Waals surface area contributed by atoms with Crippen LogP contribution in [-0.2, 0) is 0 Å². The van der Waals surface area contributed by atoms with Gasteiger partial charge in [0, 0.05) is 11.5 Å². The highest BCUT2D eigenvalue weighted by atomic mass is 16.3. The molecule has 0 aromatic heterocycles. The summed E-state index contributed by atoms with van der Waals surface area (Å²) in [5, 5.41) is 10.3. The fraction of sp³-hybridized carbons (Fsp3) is 0.167. The predicted molar refractivity (Wildman–Crippen MR) is 80.9 cm³/mol. The standard InChI is InChI=1S/C18H18O2/c1-3-16(14-7-5-4-6-8-14)18(20)17(19)15-11-9-13(2)10-12-15/h3-12,16,18,20H,1H2,2H3/t16-,18+/m1/s1. The number of aryl methyl sites for hydroxylation is 1. The summed E-state index contributed by atoms with van der Waals surface area (Å²) >= 11 is 0. The first kappa shape index (κ1) is 14.2. The minimum absolute atomic E-state index is 0.279. The lowest BCUT2D eigenvalue weighted by molar-refractivity contribution is 0.0720. The van der Waals surface area contributed by atoms with Gasteiger partial charge in [-0.15, -0.1) is 6.58 Å². The smallest absolute Gasteiger partial charge is 0.192 e. The van der Waals surface area contributed by atoms with E-state index in [4.69, 9.17) is 0 Å². The Morgan fingerprint density at radius 1 is 1.10 bits per heavy atom. The van der Waals surface area contributed by atoms with E-state index in [9.17, 15) is 9.90 Å². The molecule has 0 aliphatic carbocycles. The molecule has 0 bridgehead atoms. The lowest BCUT2D eigenvalue weighted by Gasteiger charge is -2.19. The van der Waals surface area contributed by atoms with Gasteiger partial charge in [-0.1, -0.05) is 66.2 Å². The number of Topliss-reactive ketones (excluding diaryl/α,β-unsaturated/α-hetero) is 1. The van der Waals surface area contributed by atoms with Crippen molar-refractivity contribution in [2.24, 2.45) is 0 Å². The number of carbonyl (C=O) groups excluding carboxylic acids is 1. The van der Waals surface area contributed by atoms with Crippen LogP contribution in [0.5, 0.6) is 0 Å². The van der Waals surface area contributed by atoms with Gasteiger partial charge in [0.15, 0.2) is 5.78 Å². The second-order valence-corrected chi connectivity index (χ2v) is 4.85. The van der Waals surface area contributed by atoms with Crippen molar-refractivity contribution in [3.8, 4) is 0 Å². The van der Waals surface area contributed by atoms with Crippen LogP contribution in [0.2, 0.25) is 0 Å². The maximum Gasteiger partial charge on any atom is 0.192 e. The summed E-state index contributed by atoms with van der Waals surface area (Å²) in [7, 11) is 0. The molecule has 0 fully saturated rings. The van der Waals surface area contributed by atoms with Crippen LogP contribution in [0.4, 0.5) is 0 Å². The normalized spacial score (nSPS) is 13.5. The van der Waals surface area contributed by atoms with Gasteiger partial charge in [-0.2, -0.15) is 0 Å². The zero-order chi connectivity index (χ0) is 14.5. The maximum absolute atomic E-state index is 12.3. The van der Waals surface area contributed by atoms with Crippen LogP contribution in [0, 0.1) is 6.92 Å². The second-order valence-electron chi connectivity index (χ2n) is 4.85. The molecule has 2 rings (SSSR count). The number of rotatable bonds is 5.